The third kappa shape index (κ3) is 2.50. The molecule has 86 valence electrons. The van der Waals surface area contributed by atoms with Gasteiger partial charge in [0.15, 0.2) is 0 Å². The lowest BCUT2D eigenvalue weighted by atomic mass is 10.2. The van der Waals surface area contributed by atoms with E-state index in [2.05, 4.69) is 4.98 Å². The van der Waals surface area contributed by atoms with Crippen molar-refractivity contribution in [3.63, 3.8) is 0 Å². The fourth-order valence-electron chi connectivity index (χ4n) is 1.69. The summed E-state index contributed by atoms with van der Waals surface area (Å²) in [6.45, 7) is 3.57. The number of carbonyl (C=O) groups is 1. The molecule has 0 aliphatic carbocycles. The highest BCUT2D eigenvalue weighted by molar-refractivity contribution is 5.98. The number of aromatic nitrogens is 1. The van der Waals surface area contributed by atoms with E-state index in [1.807, 2.05) is 43.3 Å². The van der Waals surface area contributed by atoms with Gasteiger partial charge in [0.1, 0.15) is 0 Å². The molecule has 1 heterocycles. The van der Waals surface area contributed by atoms with Gasteiger partial charge in [-0.2, -0.15) is 0 Å². The van der Waals surface area contributed by atoms with Gasteiger partial charge in [-0.15, -0.1) is 0 Å². The summed E-state index contributed by atoms with van der Waals surface area (Å²) in [5.74, 6) is -0.0261. The van der Waals surface area contributed by atoms with Gasteiger partial charge in [0, 0.05) is 18.8 Å². The molecule has 0 saturated carbocycles. The van der Waals surface area contributed by atoms with Crippen LogP contribution in [0.4, 0.5) is 11.4 Å². The van der Waals surface area contributed by atoms with Crippen molar-refractivity contribution in [1.29, 1.82) is 0 Å². The van der Waals surface area contributed by atoms with Crippen LogP contribution in [0.5, 0.6) is 0 Å². The van der Waals surface area contributed by atoms with Crippen molar-refractivity contribution in [3.05, 3.63) is 54.4 Å². The van der Waals surface area contributed by atoms with E-state index < -0.39 is 0 Å². The zero-order valence-corrected chi connectivity index (χ0v) is 9.92. The minimum atomic E-state index is -0.0261. The second-order valence-corrected chi connectivity index (χ2v) is 3.90. The van der Waals surface area contributed by atoms with Crippen LogP contribution in [0.3, 0.4) is 0 Å². The first-order valence-corrected chi connectivity index (χ1v) is 5.46. The predicted molar refractivity (Wildman–Crippen MR) is 68.2 cm³/mol. The lowest BCUT2D eigenvalue weighted by Gasteiger charge is -2.20. The first kappa shape index (κ1) is 11.3. The van der Waals surface area contributed by atoms with Crippen LogP contribution in [0.15, 0.2) is 48.8 Å². The molecule has 17 heavy (non-hydrogen) atoms. The summed E-state index contributed by atoms with van der Waals surface area (Å²) in [6, 6.07) is 11.5. The first-order valence-electron chi connectivity index (χ1n) is 5.46. The number of pyridine rings is 1. The molecule has 3 nitrogen and oxygen atoms in total. The van der Waals surface area contributed by atoms with Crippen LogP contribution in [0.1, 0.15) is 12.5 Å². The fraction of sp³-hybridized carbons (Fsp3) is 0.143. The fourth-order valence-corrected chi connectivity index (χ4v) is 1.69. The normalized spacial score (nSPS) is 10.0. The van der Waals surface area contributed by atoms with Crippen molar-refractivity contribution in [2.75, 3.05) is 4.90 Å². The van der Waals surface area contributed by atoms with Gasteiger partial charge in [0.25, 0.3) is 0 Å². The van der Waals surface area contributed by atoms with Crippen molar-refractivity contribution in [1.82, 2.24) is 4.98 Å². The molecule has 3 heteroatoms. The zero-order valence-electron chi connectivity index (χ0n) is 9.92. The zero-order chi connectivity index (χ0) is 12.3. The maximum atomic E-state index is 11.7. The lowest BCUT2D eigenvalue weighted by Crippen LogP contribution is -2.22. The smallest absolute Gasteiger partial charge is 0.228 e. The Kier molecular flexibility index (Phi) is 3.19. The molecule has 2 aromatic rings. The van der Waals surface area contributed by atoms with E-state index in [0.29, 0.717) is 0 Å². The number of hydrogen-bond donors (Lipinski definition) is 0. The number of benzene rings is 1. The Morgan fingerprint density at radius 2 is 1.82 bits per heavy atom. The third-order valence-electron chi connectivity index (χ3n) is 2.51. The minimum absolute atomic E-state index is 0.0261. The Morgan fingerprint density at radius 3 is 2.35 bits per heavy atom. The summed E-state index contributed by atoms with van der Waals surface area (Å²) in [5, 5.41) is 0. The molecule has 0 aliphatic heterocycles. The number of amides is 1. The Bertz CT molecular complexity index is 506. The van der Waals surface area contributed by atoms with Crippen LogP contribution in [-0.4, -0.2) is 10.9 Å². The first-order chi connectivity index (χ1) is 8.18. The van der Waals surface area contributed by atoms with E-state index in [-0.39, 0.29) is 5.91 Å². The molecule has 0 N–H and O–H groups in total. The highest BCUT2D eigenvalue weighted by atomic mass is 16.2. The van der Waals surface area contributed by atoms with Crippen molar-refractivity contribution < 1.29 is 4.79 Å². The summed E-state index contributed by atoms with van der Waals surface area (Å²) in [4.78, 5) is 17.4. The van der Waals surface area contributed by atoms with Gasteiger partial charge in [-0.3, -0.25) is 14.7 Å². The Balaban J connectivity index is 2.43. The highest BCUT2D eigenvalue weighted by Crippen LogP contribution is 2.24. The molecule has 0 aliphatic rings. The van der Waals surface area contributed by atoms with Crippen LogP contribution in [-0.2, 0) is 4.79 Å². The number of hydrogen-bond acceptors (Lipinski definition) is 2. The SMILES string of the molecule is CC(=O)N(c1ccc(C)cc1)c1cccnc1. The van der Waals surface area contributed by atoms with Crippen molar-refractivity contribution in [2.45, 2.75) is 13.8 Å². The third-order valence-corrected chi connectivity index (χ3v) is 2.51. The van der Waals surface area contributed by atoms with Gasteiger partial charge in [-0.05, 0) is 31.2 Å². The van der Waals surface area contributed by atoms with Gasteiger partial charge >= 0.3 is 0 Å². The molecule has 0 unspecified atom stereocenters. The van der Waals surface area contributed by atoms with E-state index in [4.69, 9.17) is 0 Å². The molecule has 2 rings (SSSR count). The maximum absolute atomic E-state index is 11.7. The van der Waals surface area contributed by atoms with Crippen LogP contribution in [0.25, 0.3) is 0 Å². The van der Waals surface area contributed by atoms with Gasteiger partial charge < -0.3 is 0 Å². The van der Waals surface area contributed by atoms with Gasteiger partial charge in [-0.25, -0.2) is 0 Å². The average molecular weight is 226 g/mol. The van der Waals surface area contributed by atoms with Crippen LogP contribution >= 0.6 is 0 Å². The van der Waals surface area contributed by atoms with E-state index in [1.165, 1.54) is 5.56 Å². The predicted octanol–water partition coefficient (Wildman–Crippen LogP) is 3.07. The van der Waals surface area contributed by atoms with E-state index >= 15 is 0 Å². The second kappa shape index (κ2) is 4.78. The molecule has 0 spiro atoms. The molecule has 0 atom stereocenters. The molecule has 1 aromatic heterocycles. The van der Waals surface area contributed by atoms with E-state index in [1.54, 1.807) is 24.2 Å². The van der Waals surface area contributed by atoms with Crippen LogP contribution in [0, 0.1) is 6.92 Å². The van der Waals surface area contributed by atoms with Crippen molar-refractivity contribution in [3.8, 4) is 0 Å². The standard InChI is InChI=1S/C14H14N2O/c1-11-5-7-13(8-6-11)16(12(2)17)14-4-3-9-15-10-14/h3-10H,1-2H3. The topological polar surface area (TPSA) is 33.2 Å². The summed E-state index contributed by atoms with van der Waals surface area (Å²) >= 11 is 0. The Labute approximate surface area is 101 Å². The van der Waals surface area contributed by atoms with Crippen molar-refractivity contribution >= 4 is 17.3 Å². The molecular formula is C14H14N2O. The monoisotopic (exact) mass is 226 g/mol. The average Bonchev–Trinajstić information content (AvgIpc) is 2.33. The molecular weight excluding hydrogens is 212 g/mol. The molecule has 0 fully saturated rings. The van der Waals surface area contributed by atoms with Crippen LogP contribution < -0.4 is 4.90 Å². The number of nitrogens with zero attached hydrogens (tertiary/aromatic N) is 2. The maximum Gasteiger partial charge on any atom is 0.228 e. The molecule has 0 radical (unpaired) electrons. The van der Waals surface area contributed by atoms with Crippen LogP contribution in [0.2, 0.25) is 0 Å². The summed E-state index contributed by atoms with van der Waals surface area (Å²) in [7, 11) is 0. The number of aryl methyl sites for hydroxylation is 1. The number of carbonyl (C=O) groups excluding carboxylic acids is 1. The Morgan fingerprint density at radius 1 is 1.12 bits per heavy atom. The molecule has 0 bridgehead atoms. The summed E-state index contributed by atoms with van der Waals surface area (Å²) < 4.78 is 0. The lowest BCUT2D eigenvalue weighted by molar-refractivity contribution is -0.115. The quantitative estimate of drug-likeness (QED) is 0.788. The number of anilines is 2. The largest absolute Gasteiger partial charge is 0.280 e. The minimum Gasteiger partial charge on any atom is -0.280 e. The van der Waals surface area contributed by atoms with Gasteiger partial charge in [0.05, 0.1) is 11.9 Å². The van der Waals surface area contributed by atoms with Crippen molar-refractivity contribution in [2.24, 2.45) is 0 Å². The number of rotatable bonds is 2. The Hall–Kier alpha value is -2.16. The summed E-state index contributed by atoms with van der Waals surface area (Å²) in [5.41, 5.74) is 2.81. The van der Waals surface area contributed by atoms with E-state index in [0.717, 1.165) is 11.4 Å². The summed E-state index contributed by atoms with van der Waals surface area (Å²) in [6.07, 6.45) is 3.37. The highest BCUT2D eigenvalue weighted by Gasteiger charge is 2.13. The second-order valence-electron chi connectivity index (χ2n) is 3.90. The van der Waals surface area contributed by atoms with E-state index in [9.17, 15) is 4.79 Å². The molecule has 1 amide bonds. The molecule has 1 aromatic carbocycles. The molecule has 0 saturated heterocycles. The van der Waals surface area contributed by atoms with Gasteiger partial charge in [-0.1, -0.05) is 17.7 Å². The van der Waals surface area contributed by atoms with Gasteiger partial charge in [0.2, 0.25) is 5.91 Å².